The third kappa shape index (κ3) is 1.60. The van der Waals surface area contributed by atoms with Gasteiger partial charge in [0.15, 0.2) is 5.69 Å². The first-order valence-electron chi connectivity index (χ1n) is 4.43. The monoisotopic (exact) mass is 221 g/mol. The van der Waals surface area contributed by atoms with Crippen molar-refractivity contribution in [3.8, 4) is 5.69 Å². The molecule has 0 fully saturated rings. The van der Waals surface area contributed by atoms with Gasteiger partial charge in [-0.2, -0.15) is 0 Å². The Morgan fingerprint density at radius 3 is 2.75 bits per heavy atom. The minimum absolute atomic E-state index is 0.0284. The highest BCUT2D eigenvalue weighted by Gasteiger charge is 2.16. The quantitative estimate of drug-likeness (QED) is 0.800. The second-order valence-corrected chi connectivity index (χ2v) is 3.12. The Morgan fingerprint density at radius 1 is 1.44 bits per heavy atom. The molecule has 0 saturated carbocycles. The van der Waals surface area contributed by atoms with E-state index in [0.29, 0.717) is 0 Å². The molecule has 0 aliphatic rings. The summed E-state index contributed by atoms with van der Waals surface area (Å²) < 4.78 is 14.4. The van der Waals surface area contributed by atoms with Crippen LogP contribution in [0.5, 0.6) is 0 Å². The summed E-state index contributed by atoms with van der Waals surface area (Å²) in [5, 5.41) is 12.6. The first kappa shape index (κ1) is 10.2. The fraction of sp³-hybridized carbons (Fsp3) is 0. The molecule has 3 N–H and O–H groups in total. The smallest absolute Gasteiger partial charge is 0.354 e. The number of nitrogens with zero attached hydrogens (tertiary/aromatic N) is 2. The molecule has 0 bridgehead atoms. The number of para-hydroxylation sites is 1. The Kier molecular flexibility index (Phi) is 2.32. The number of nitrogens with two attached hydrogens (primary N) is 1. The lowest BCUT2D eigenvalue weighted by Gasteiger charge is -2.04. The molecule has 0 unspecified atom stereocenters. The molecule has 0 aliphatic heterocycles. The van der Waals surface area contributed by atoms with Crippen LogP contribution in [-0.4, -0.2) is 20.9 Å². The number of rotatable bonds is 2. The minimum Gasteiger partial charge on any atom is -0.477 e. The first-order valence-corrected chi connectivity index (χ1v) is 4.43. The highest BCUT2D eigenvalue weighted by Crippen LogP contribution is 2.16. The average molecular weight is 221 g/mol. The van der Waals surface area contributed by atoms with Gasteiger partial charge in [0.25, 0.3) is 0 Å². The van der Waals surface area contributed by atoms with Gasteiger partial charge in [0.1, 0.15) is 17.3 Å². The number of aromatic carboxylic acids is 1. The number of benzene rings is 1. The van der Waals surface area contributed by atoms with Crippen LogP contribution < -0.4 is 5.73 Å². The number of halogens is 1. The summed E-state index contributed by atoms with van der Waals surface area (Å²) in [5.41, 5.74) is 5.26. The van der Waals surface area contributed by atoms with E-state index < -0.39 is 11.8 Å². The van der Waals surface area contributed by atoms with Crippen molar-refractivity contribution in [3.63, 3.8) is 0 Å². The number of anilines is 1. The summed E-state index contributed by atoms with van der Waals surface area (Å²) in [6.07, 6.45) is 0. The summed E-state index contributed by atoms with van der Waals surface area (Å²) in [6.45, 7) is 0. The van der Waals surface area contributed by atoms with Gasteiger partial charge in [-0.25, -0.2) is 13.9 Å². The summed E-state index contributed by atoms with van der Waals surface area (Å²) in [6, 6.07) is 6.91. The van der Waals surface area contributed by atoms with Gasteiger partial charge in [0, 0.05) is 6.07 Å². The topological polar surface area (TPSA) is 81.1 Å². The van der Waals surface area contributed by atoms with Gasteiger partial charge in [0.05, 0.1) is 0 Å². The fourth-order valence-corrected chi connectivity index (χ4v) is 1.36. The molecule has 0 saturated heterocycles. The van der Waals surface area contributed by atoms with E-state index in [9.17, 15) is 9.18 Å². The van der Waals surface area contributed by atoms with Crippen LogP contribution in [-0.2, 0) is 0 Å². The van der Waals surface area contributed by atoms with Crippen LogP contribution >= 0.6 is 0 Å². The van der Waals surface area contributed by atoms with E-state index in [-0.39, 0.29) is 17.2 Å². The number of nitrogen functional groups attached to an aromatic ring is 1. The highest BCUT2D eigenvalue weighted by molar-refractivity contribution is 5.87. The maximum atomic E-state index is 13.4. The third-order valence-corrected chi connectivity index (χ3v) is 2.03. The molecular formula is C10H8FN3O2. The molecule has 0 radical (unpaired) electrons. The van der Waals surface area contributed by atoms with E-state index in [1.807, 2.05) is 0 Å². The van der Waals surface area contributed by atoms with Crippen LogP contribution in [0.2, 0.25) is 0 Å². The zero-order valence-electron chi connectivity index (χ0n) is 8.09. The Bertz CT molecular complexity index is 551. The molecule has 0 spiro atoms. The molecule has 1 aromatic carbocycles. The van der Waals surface area contributed by atoms with Crippen LogP contribution in [0.25, 0.3) is 5.69 Å². The van der Waals surface area contributed by atoms with Crippen molar-refractivity contribution in [3.05, 3.63) is 41.8 Å². The van der Waals surface area contributed by atoms with Crippen LogP contribution in [0.1, 0.15) is 10.5 Å². The standard InChI is InChI=1S/C10H8FN3O2/c11-6-3-1-2-4-7(6)14-8(10(15)16)5-9(12)13-14/h1-5H,(H2,12,13)(H,15,16). The SMILES string of the molecule is Nc1cc(C(=O)O)n(-c2ccccc2F)n1. The zero-order chi connectivity index (χ0) is 11.7. The number of carbonyl (C=O) groups is 1. The normalized spacial score (nSPS) is 10.3. The second-order valence-electron chi connectivity index (χ2n) is 3.12. The van der Waals surface area contributed by atoms with Crippen molar-refractivity contribution in [1.29, 1.82) is 0 Å². The van der Waals surface area contributed by atoms with E-state index in [1.54, 1.807) is 6.07 Å². The Morgan fingerprint density at radius 2 is 2.12 bits per heavy atom. The van der Waals surface area contributed by atoms with Gasteiger partial charge < -0.3 is 10.8 Å². The van der Waals surface area contributed by atoms with Crippen molar-refractivity contribution in [1.82, 2.24) is 9.78 Å². The molecular weight excluding hydrogens is 213 g/mol. The van der Waals surface area contributed by atoms with Crippen molar-refractivity contribution in [2.24, 2.45) is 0 Å². The molecule has 0 atom stereocenters. The molecule has 2 rings (SSSR count). The maximum absolute atomic E-state index is 13.4. The molecule has 16 heavy (non-hydrogen) atoms. The van der Waals surface area contributed by atoms with Gasteiger partial charge >= 0.3 is 5.97 Å². The molecule has 1 aromatic heterocycles. The van der Waals surface area contributed by atoms with Crippen LogP contribution in [0.3, 0.4) is 0 Å². The molecule has 0 amide bonds. The zero-order valence-corrected chi connectivity index (χ0v) is 8.09. The van der Waals surface area contributed by atoms with E-state index in [1.165, 1.54) is 24.3 Å². The maximum Gasteiger partial charge on any atom is 0.354 e. The van der Waals surface area contributed by atoms with Crippen LogP contribution in [0.4, 0.5) is 10.2 Å². The van der Waals surface area contributed by atoms with Crippen molar-refractivity contribution >= 4 is 11.8 Å². The summed E-state index contributed by atoms with van der Waals surface area (Å²) >= 11 is 0. The number of carboxylic acids is 1. The van der Waals surface area contributed by atoms with Crippen molar-refractivity contribution in [2.75, 3.05) is 5.73 Å². The average Bonchev–Trinajstić information content (AvgIpc) is 2.61. The number of carboxylic acid groups (broad SMARTS) is 1. The Labute approximate surface area is 89.9 Å². The van der Waals surface area contributed by atoms with E-state index in [2.05, 4.69) is 5.10 Å². The van der Waals surface area contributed by atoms with Gasteiger partial charge in [-0.3, -0.25) is 0 Å². The number of aromatic nitrogens is 2. The van der Waals surface area contributed by atoms with E-state index >= 15 is 0 Å². The Hall–Kier alpha value is -2.37. The lowest BCUT2D eigenvalue weighted by atomic mass is 10.3. The first-order chi connectivity index (χ1) is 7.59. The van der Waals surface area contributed by atoms with E-state index in [0.717, 1.165) is 4.68 Å². The van der Waals surface area contributed by atoms with Crippen LogP contribution in [0.15, 0.2) is 30.3 Å². The second kappa shape index (κ2) is 3.65. The molecule has 82 valence electrons. The number of hydrogen-bond acceptors (Lipinski definition) is 3. The van der Waals surface area contributed by atoms with Gasteiger partial charge in [-0.15, -0.1) is 5.10 Å². The predicted molar refractivity (Wildman–Crippen MR) is 54.9 cm³/mol. The summed E-state index contributed by atoms with van der Waals surface area (Å²) in [5.74, 6) is -1.75. The van der Waals surface area contributed by atoms with Gasteiger partial charge in [-0.05, 0) is 12.1 Å². The third-order valence-electron chi connectivity index (χ3n) is 2.03. The van der Waals surface area contributed by atoms with E-state index in [4.69, 9.17) is 10.8 Å². The highest BCUT2D eigenvalue weighted by atomic mass is 19.1. The lowest BCUT2D eigenvalue weighted by molar-refractivity contribution is 0.0687. The molecule has 5 nitrogen and oxygen atoms in total. The minimum atomic E-state index is -1.22. The van der Waals surface area contributed by atoms with Crippen molar-refractivity contribution < 1.29 is 14.3 Å². The van der Waals surface area contributed by atoms with Gasteiger partial charge in [-0.1, -0.05) is 12.1 Å². The number of hydrogen-bond donors (Lipinski definition) is 2. The molecule has 1 heterocycles. The Balaban J connectivity index is 2.64. The van der Waals surface area contributed by atoms with Gasteiger partial charge in [0.2, 0.25) is 0 Å². The van der Waals surface area contributed by atoms with Crippen molar-refractivity contribution in [2.45, 2.75) is 0 Å². The predicted octanol–water partition coefficient (Wildman–Crippen LogP) is 1.29. The largest absolute Gasteiger partial charge is 0.477 e. The summed E-state index contributed by atoms with van der Waals surface area (Å²) in [7, 11) is 0. The van der Waals surface area contributed by atoms with Crippen LogP contribution in [0, 0.1) is 5.82 Å². The summed E-state index contributed by atoms with van der Waals surface area (Å²) in [4.78, 5) is 10.9. The lowest BCUT2D eigenvalue weighted by Crippen LogP contribution is -2.09. The molecule has 2 aromatic rings. The molecule has 6 heteroatoms. The fourth-order valence-electron chi connectivity index (χ4n) is 1.36. The molecule has 0 aliphatic carbocycles.